The molecule has 5 rings (SSSR count). The van der Waals surface area contributed by atoms with E-state index in [0.29, 0.717) is 49.7 Å². The maximum atomic E-state index is 14.9. The second-order valence-electron chi connectivity index (χ2n) is 9.94. The number of nitrogens with zero attached hydrogens (tertiary/aromatic N) is 5. The second-order valence-corrected chi connectivity index (χ2v) is 10.3. The number of anilines is 3. The molecule has 2 aliphatic carbocycles. The van der Waals surface area contributed by atoms with Crippen LogP contribution in [0.3, 0.4) is 0 Å². The van der Waals surface area contributed by atoms with E-state index in [0.717, 1.165) is 6.07 Å². The van der Waals surface area contributed by atoms with Crippen LogP contribution in [0.25, 0.3) is 11.2 Å². The molecule has 0 atom stereocenters. The summed E-state index contributed by atoms with van der Waals surface area (Å²) in [6, 6.07) is 3.98. The first kappa shape index (κ1) is 26.0. The molecule has 0 spiro atoms. The standard InChI is InChI=1S/C25H26ClF3N8O/c26-17-9-13(11-30)10-18(27)20(17)35-24-34-19-12-32-23(33-15-5-7-25(28,29)8-6-15)36-22(19)37(24)16-3-1-14(2-4-16)21(31)38/h9-10,12,14-16H,1-8H2,(H2,31,38)(H,34,35)(H,32,33,36). The van der Waals surface area contributed by atoms with Crippen molar-refractivity contribution in [1.29, 1.82) is 5.26 Å². The zero-order valence-corrected chi connectivity index (χ0v) is 21.1. The lowest BCUT2D eigenvalue weighted by atomic mass is 9.85. The summed E-state index contributed by atoms with van der Waals surface area (Å²) in [5, 5.41) is 15.2. The van der Waals surface area contributed by atoms with Crippen molar-refractivity contribution in [1.82, 2.24) is 19.5 Å². The number of fused-ring (bicyclic) bond motifs is 1. The van der Waals surface area contributed by atoms with Crippen molar-refractivity contribution in [2.24, 2.45) is 11.7 Å². The average Bonchev–Trinajstić information content (AvgIpc) is 3.24. The van der Waals surface area contributed by atoms with Gasteiger partial charge < -0.3 is 16.4 Å². The first-order valence-corrected chi connectivity index (χ1v) is 12.9. The van der Waals surface area contributed by atoms with Gasteiger partial charge in [-0.3, -0.25) is 9.36 Å². The molecule has 0 unspecified atom stereocenters. The predicted molar refractivity (Wildman–Crippen MR) is 136 cm³/mol. The zero-order chi connectivity index (χ0) is 27.0. The molecule has 3 aromatic rings. The Labute approximate surface area is 221 Å². The lowest BCUT2D eigenvalue weighted by Gasteiger charge is -2.29. The SMILES string of the molecule is N#Cc1cc(F)c(Nc2nc3cnc(NC4CCC(F)(F)CC4)nc3n2C2CCC(C(N)=O)CC2)c(Cl)c1. The van der Waals surface area contributed by atoms with Gasteiger partial charge in [0.1, 0.15) is 11.3 Å². The van der Waals surface area contributed by atoms with Crippen LogP contribution in [0.2, 0.25) is 5.02 Å². The van der Waals surface area contributed by atoms with E-state index >= 15 is 0 Å². The molecule has 9 nitrogen and oxygen atoms in total. The molecule has 2 aromatic heterocycles. The van der Waals surface area contributed by atoms with E-state index in [-0.39, 0.29) is 64.9 Å². The average molecular weight is 547 g/mol. The van der Waals surface area contributed by atoms with Gasteiger partial charge in [0, 0.05) is 30.8 Å². The van der Waals surface area contributed by atoms with Crippen LogP contribution in [-0.2, 0) is 4.79 Å². The number of alkyl halides is 2. The van der Waals surface area contributed by atoms with E-state index in [1.807, 2.05) is 10.6 Å². The van der Waals surface area contributed by atoms with Gasteiger partial charge in [-0.05, 0) is 50.7 Å². The molecule has 13 heteroatoms. The van der Waals surface area contributed by atoms with Gasteiger partial charge in [-0.1, -0.05) is 11.6 Å². The molecule has 1 amide bonds. The Bertz CT molecular complexity index is 1380. The van der Waals surface area contributed by atoms with Gasteiger partial charge in [0.2, 0.25) is 23.7 Å². The normalized spacial score (nSPS) is 21.7. The summed E-state index contributed by atoms with van der Waals surface area (Å²) >= 11 is 6.27. The molecule has 2 saturated carbocycles. The van der Waals surface area contributed by atoms with Gasteiger partial charge in [0.15, 0.2) is 5.65 Å². The quantitative estimate of drug-likeness (QED) is 0.374. The van der Waals surface area contributed by atoms with E-state index in [4.69, 9.17) is 22.6 Å². The predicted octanol–water partition coefficient (Wildman–Crippen LogP) is 5.44. The number of imidazole rings is 1. The number of amides is 1. The Morgan fingerprint density at radius 2 is 1.87 bits per heavy atom. The molecule has 1 aromatic carbocycles. The number of carbonyl (C=O) groups is 1. The van der Waals surface area contributed by atoms with Crippen LogP contribution in [0.4, 0.5) is 30.8 Å². The third kappa shape index (κ3) is 5.34. The van der Waals surface area contributed by atoms with Crippen molar-refractivity contribution in [2.45, 2.75) is 69.4 Å². The Balaban J connectivity index is 1.50. The highest BCUT2D eigenvalue weighted by molar-refractivity contribution is 6.33. The van der Waals surface area contributed by atoms with Gasteiger partial charge in [-0.2, -0.15) is 10.2 Å². The Morgan fingerprint density at radius 1 is 1.16 bits per heavy atom. The molecule has 200 valence electrons. The minimum atomic E-state index is -2.64. The monoisotopic (exact) mass is 546 g/mol. The summed E-state index contributed by atoms with van der Waals surface area (Å²) in [7, 11) is 0. The molecule has 4 N–H and O–H groups in total. The number of hydrogen-bond donors (Lipinski definition) is 3. The van der Waals surface area contributed by atoms with Gasteiger partial charge in [0.05, 0.1) is 28.5 Å². The summed E-state index contributed by atoms with van der Waals surface area (Å²) < 4.78 is 43.9. The largest absolute Gasteiger partial charge is 0.369 e. The van der Waals surface area contributed by atoms with Gasteiger partial charge in [-0.15, -0.1) is 0 Å². The first-order chi connectivity index (χ1) is 18.1. The molecule has 2 aliphatic rings. The van der Waals surface area contributed by atoms with Crippen LogP contribution >= 0.6 is 11.6 Å². The van der Waals surface area contributed by atoms with E-state index < -0.39 is 11.7 Å². The topological polar surface area (TPSA) is 135 Å². The summed E-state index contributed by atoms with van der Waals surface area (Å²) in [6.07, 6.45) is 4.12. The first-order valence-electron chi connectivity index (χ1n) is 12.5. The summed E-state index contributed by atoms with van der Waals surface area (Å²) in [6.45, 7) is 0. The molecular formula is C25H26ClF3N8O. The minimum Gasteiger partial charge on any atom is -0.369 e. The molecule has 0 aliphatic heterocycles. The fraction of sp³-hybridized carbons (Fsp3) is 0.480. The molecule has 2 fully saturated rings. The lowest BCUT2D eigenvalue weighted by Crippen LogP contribution is -2.32. The Kier molecular flexibility index (Phi) is 7.05. The van der Waals surface area contributed by atoms with Crippen LogP contribution in [0.5, 0.6) is 0 Å². The van der Waals surface area contributed by atoms with E-state index in [1.165, 1.54) is 12.3 Å². The van der Waals surface area contributed by atoms with Gasteiger partial charge >= 0.3 is 0 Å². The minimum absolute atomic E-state index is 0.0140. The molecule has 38 heavy (non-hydrogen) atoms. The number of nitrogens with two attached hydrogens (primary N) is 1. The third-order valence-electron chi connectivity index (χ3n) is 7.36. The molecular weight excluding hydrogens is 521 g/mol. The highest BCUT2D eigenvalue weighted by Crippen LogP contribution is 2.39. The third-order valence-corrected chi connectivity index (χ3v) is 7.65. The highest BCUT2D eigenvalue weighted by Gasteiger charge is 2.35. The van der Waals surface area contributed by atoms with Crippen molar-refractivity contribution < 1.29 is 18.0 Å². The van der Waals surface area contributed by atoms with Crippen molar-refractivity contribution in [3.63, 3.8) is 0 Å². The van der Waals surface area contributed by atoms with Gasteiger partial charge in [-0.25, -0.2) is 23.1 Å². The van der Waals surface area contributed by atoms with Crippen molar-refractivity contribution in [2.75, 3.05) is 10.6 Å². The number of aromatic nitrogens is 4. The Hall–Kier alpha value is -3.59. The van der Waals surface area contributed by atoms with Crippen LogP contribution in [0, 0.1) is 23.1 Å². The summed E-state index contributed by atoms with van der Waals surface area (Å²) in [5.41, 5.74) is 6.46. The van der Waals surface area contributed by atoms with Crippen molar-refractivity contribution >= 4 is 46.3 Å². The maximum absolute atomic E-state index is 14.9. The number of primary amides is 1. The van der Waals surface area contributed by atoms with E-state index in [9.17, 15) is 18.0 Å². The zero-order valence-electron chi connectivity index (χ0n) is 20.4. The Morgan fingerprint density at radius 3 is 2.50 bits per heavy atom. The fourth-order valence-electron chi connectivity index (χ4n) is 5.25. The molecule has 2 heterocycles. The number of nitriles is 1. The van der Waals surface area contributed by atoms with E-state index in [1.54, 1.807) is 0 Å². The number of benzene rings is 1. The number of halogens is 4. The molecule has 0 radical (unpaired) electrons. The molecule has 0 saturated heterocycles. The second kappa shape index (κ2) is 10.3. The lowest BCUT2D eigenvalue weighted by molar-refractivity contribution is -0.122. The van der Waals surface area contributed by atoms with Crippen LogP contribution in [-0.4, -0.2) is 37.4 Å². The fourth-order valence-corrected chi connectivity index (χ4v) is 5.50. The summed E-state index contributed by atoms with van der Waals surface area (Å²) in [4.78, 5) is 25.3. The maximum Gasteiger partial charge on any atom is 0.248 e. The van der Waals surface area contributed by atoms with Crippen molar-refractivity contribution in [3.8, 4) is 6.07 Å². The number of hydrogen-bond acceptors (Lipinski definition) is 7. The number of carbonyl (C=O) groups excluding carboxylic acids is 1. The number of rotatable bonds is 6. The van der Waals surface area contributed by atoms with Crippen molar-refractivity contribution in [3.05, 3.63) is 34.7 Å². The summed E-state index contributed by atoms with van der Waals surface area (Å²) in [5.74, 6) is -3.36. The smallest absolute Gasteiger partial charge is 0.248 e. The van der Waals surface area contributed by atoms with E-state index in [2.05, 4.69) is 25.6 Å². The molecule has 0 bridgehead atoms. The number of nitrogens with one attached hydrogen (secondary N) is 2. The van der Waals surface area contributed by atoms with Crippen LogP contribution in [0.15, 0.2) is 18.3 Å². The van der Waals surface area contributed by atoms with Gasteiger partial charge in [0.25, 0.3) is 0 Å². The highest BCUT2D eigenvalue weighted by atomic mass is 35.5. The van der Waals surface area contributed by atoms with Crippen LogP contribution in [0.1, 0.15) is 63.0 Å². The van der Waals surface area contributed by atoms with Crippen LogP contribution < -0.4 is 16.4 Å².